The number of aromatic nitrogens is 5. The number of nitrogens with one attached hydrogen (secondary N) is 2. The third-order valence-electron chi connectivity index (χ3n) is 2.36. The van der Waals surface area contributed by atoms with Gasteiger partial charge in [-0.05, 0) is 19.1 Å². The number of nitrogens with zero attached hydrogens (tertiary/aromatic N) is 4. The summed E-state index contributed by atoms with van der Waals surface area (Å²) in [5, 5.41) is 13.2. The predicted molar refractivity (Wildman–Crippen MR) is 62.2 cm³/mol. The highest BCUT2D eigenvalue weighted by Gasteiger charge is 2.04. The van der Waals surface area contributed by atoms with Crippen LogP contribution in [0, 0.1) is 6.92 Å². The van der Waals surface area contributed by atoms with Crippen LogP contribution >= 0.6 is 0 Å². The predicted octanol–water partition coefficient (Wildman–Crippen LogP) is 0.326. The minimum absolute atomic E-state index is 0.374. The van der Waals surface area contributed by atoms with E-state index in [0.29, 0.717) is 23.9 Å². The maximum absolute atomic E-state index is 11.3. The molecule has 0 aliphatic rings. The summed E-state index contributed by atoms with van der Waals surface area (Å²) in [4.78, 5) is 15.4. The first kappa shape index (κ1) is 10.5. The molecule has 0 amide bonds. The van der Waals surface area contributed by atoms with Gasteiger partial charge in [0, 0.05) is 0 Å². The number of H-pyrrole nitrogens is 1. The zero-order valence-corrected chi connectivity index (χ0v) is 9.54. The van der Waals surface area contributed by atoms with E-state index < -0.39 is 0 Å². The lowest BCUT2D eigenvalue weighted by molar-refractivity contribution is 0.478. The highest BCUT2D eigenvalue weighted by atomic mass is 16.4. The molecular weight excluding hydrogens is 236 g/mol. The smallest absolute Gasteiger partial charge is 0.364 e. The summed E-state index contributed by atoms with van der Waals surface area (Å²) < 4.78 is 6.50. The normalized spacial score (nSPS) is 10.9. The second-order valence-corrected chi connectivity index (χ2v) is 3.74. The van der Waals surface area contributed by atoms with E-state index in [9.17, 15) is 4.79 Å². The molecule has 3 rings (SSSR count). The van der Waals surface area contributed by atoms with E-state index in [1.54, 1.807) is 18.3 Å². The van der Waals surface area contributed by atoms with Gasteiger partial charge in [-0.25, -0.2) is 14.9 Å². The van der Waals surface area contributed by atoms with E-state index in [1.165, 1.54) is 4.52 Å². The second-order valence-electron chi connectivity index (χ2n) is 3.74. The van der Waals surface area contributed by atoms with Crippen molar-refractivity contribution in [2.24, 2.45) is 0 Å². The van der Waals surface area contributed by atoms with Crippen molar-refractivity contribution < 1.29 is 4.42 Å². The minimum atomic E-state index is -0.374. The number of hydrogen-bond acceptors (Lipinski definition) is 6. The molecular formula is C10H10N6O2. The first-order chi connectivity index (χ1) is 8.72. The van der Waals surface area contributed by atoms with Gasteiger partial charge < -0.3 is 9.73 Å². The summed E-state index contributed by atoms with van der Waals surface area (Å²) >= 11 is 0. The Morgan fingerprint density at radius 3 is 3.17 bits per heavy atom. The van der Waals surface area contributed by atoms with Crippen molar-refractivity contribution in [3.05, 3.63) is 40.5 Å². The fourth-order valence-electron chi connectivity index (χ4n) is 1.55. The van der Waals surface area contributed by atoms with Gasteiger partial charge in [-0.2, -0.15) is 9.61 Å². The lowest BCUT2D eigenvalue weighted by Crippen LogP contribution is -2.14. The summed E-state index contributed by atoms with van der Waals surface area (Å²) in [5.74, 6) is 1.86. The highest BCUT2D eigenvalue weighted by Crippen LogP contribution is 2.06. The molecule has 0 unspecified atom stereocenters. The van der Waals surface area contributed by atoms with Crippen LogP contribution in [0.25, 0.3) is 5.65 Å². The van der Waals surface area contributed by atoms with Gasteiger partial charge in [0.25, 0.3) is 0 Å². The first-order valence-corrected chi connectivity index (χ1v) is 5.32. The molecule has 0 fully saturated rings. The summed E-state index contributed by atoms with van der Waals surface area (Å²) in [6.45, 7) is 2.23. The van der Waals surface area contributed by atoms with Crippen molar-refractivity contribution in [3.8, 4) is 0 Å². The van der Waals surface area contributed by atoms with E-state index in [-0.39, 0.29) is 5.69 Å². The van der Waals surface area contributed by atoms with Crippen molar-refractivity contribution >= 4 is 11.5 Å². The lowest BCUT2D eigenvalue weighted by Gasteiger charge is -2.01. The molecule has 92 valence electrons. The van der Waals surface area contributed by atoms with Gasteiger partial charge in [0.15, 0.2) is 5.65 Å². The Morgan fingerprint density at radius 1 is 1.50 bits per heavy atom. The first-order valence-electron chi connectivity index (χ1n) is 5.32. The van der Waals surface area contributed by atoms with E-state index >= 15 is 0 Å². The van der Waals surface area contributed by atoms with E-state index in [1.807, 2.05) is 6.92 Å². The fourth-order valence-corrected chi connectivity index (χ4v) is 1.55. The summed E-state index contributed by atoms with van der Waals surface area (Å²) in [6, 6.07) is 3.42. The van der Waals surface area contributed by atoms with Gasteiger partial charge >= 0.3 is 5.69 Å². The Kier molecular flexibility index (Phi) is 2.33. The highest BCUT2D eigenvalue weighted by molar-refractivity contribution is 5.42. The molecule has 0 aromatic carbocycles. The number of rotatable bonds is 3. The molecule has 0 atom stereocenters. The molecule has 18 heavy (non-hydrogen) atoms. The van der Waals surface area contributed by atoms with E-state index in [0.717, 1.165) is 5.76 Å². The van der Waals surface area contributed by atoms with Crippen LogP contribution in [0.4, 0.5) is 5.82 Å². The Balaban J connectivity index is 1.82. The van der Waals surface area contributed by atoms with Gasteiger partial charge in [0.1, 0.15) is 11.6 Å². The van der Waals surface area contributed by atoms with E-state index in [2.05, 4.69) is 25.6 Å². The van der Waals surface area contributed by atoms with Crippen LogP contribution in [-0.4, -0.2) is 24.8 Å². The maximum Gasteiger partial charge on any atom is 0.364 e. The molecule has 0 spiro atoms. The molecule has 2 N–H and O–H groups in total. The van der Waals surface area contributed by atoms with Crippen LogP contribution in [-0.2, 0) is 6.54 Å². The number of aryl methyl sites for hydroxylation is 1. The van der Waals surface area contributed by atoms with Gasteiger partial charge in [-0.1, -0.05) is 0 Å². The number of oxazole rings is 1. The molecule has 3 aromatic rings. The molecule has 8 nitrogen and oxygen atoms in total. The molecule has 3 aromatic heterocycles. The largest absolute Gasteiger partial charge is 0.444 e. The molecule has 0 radical (unpaired) electrons. The quantitative estimate of drug-likeness (QED) is 0.690. The number of hydrogen-bond donors (Lipinski definition) is 2. The Bertz CT molecular complexity index is 740. The number of anilines is 1. The molecule has 0 bridgehead atoms. The number of fused-ring (bicyclic) bond motifs is 1. The average Bonchev–Trinajstić information content (AvgIpc) is 2.94. The minimum Gasteiger partial charge on any atom is -0.444 e. The molecule has 0 aliphatic heterocycles. The third-order valence-corrected chi connectivity index (χ3v) is 2.36. The maximum atomic E-state index is 11.3. The Morgan fingerprint density at radius 2 is 2.39 bits per heavy atom. The lowest BCUT2D eigenvalue weighted by atomic mass is 10.5. The summed E-state index contributed by atoms with van der Waals surface area (Å²) in [5.41, 5.74) is 0.0955. The monoisotopic (exact) mass is 246 g/mol. The molecule has 3 heterocycles. The van der Waals surface area contributed by atoms with E-state index in [4.69, 9.17) is 4.42 Å². The van der Waals surface area contributed by atoms with Gasteiger partial charge in [-0.15, -0.1) is 5.10 Å². The standard InChI is InChI=1S/C10H10N6O2/c1-6-4-12-9(18-6)5-11-7-2-3-8-13-14-10(17)16(8)15-7/h2-4H,5H2,1H3,(H,11,15)(H,14,17). The Labute approximate surface area is 101 Å². The number of aromatic amines is 1. The van der Waals surface area contributed by atoms with Crippen molar-refractivity contribution in [1.29, 1.82) is 0 Å². The zero-order chi connectivity index (χ0) is 12.5. The van der Waals surface area contributed by atoms with Crippen molar-refractivity contribution in [1.82, 2.24) is 24.8 Å². The fraction of sp³-hybridized carbons (Fsp3) is 0.200. The van der Waals surface area contributed by atoms with Gasteiger partial charge in [0.05, 0.1) is 12.7 Å². The van der Waals surface area contributed by atoms with Crippen LogP contribution in [0.3, 0.4) is 0 Å². The van der Waals surface area contributed by atoms with Crippen molar-refractivity contribution in [3.63, 3.8) is 0 Å². The molecule has 8 heteroatoms. The van der Waals surface area contributed by atoms with Crippen molar-refractivity contribution in [2.45, 2.75) is 13.5 Å². The molecule has 0 saturated carbocycles. The average molecular weight is 246 g/mol. The van der Waals surface area contributed by atoms with Crippen LogP contribution < -0.4 is 11.0 Å². The van der Waals surface area contributed by atoms with Crippen LogP contribution in [0.2, 0.25) is 0 Å². The zero-order valence-electron chi connectivity index (χ0n) is 9.54. The molecule has 0 aliphatic carbocycles. The summed E-state index contributed by atoms with van der Waals surface area (Å²) in [7, 11) is 0. The van der Waals surface area contributed by atoms with Gasteiger partial charge in [0.2, 0.25) is 5.89 Å². The SMILES string of the molecule is Cc1cnc(CNc2ccc3n[nH]c(=O)n3n2)o1. The van der Waals surface area contributed by atoms with Crippen LogP contribution in [0.1, 0.15) is 11.7 Å². The summed E-state index contributed by atoms with van der Waals surface area (Å²) in [6.07, 6.45) is 1.65. The van der Waals surface area contributed by atoms with Crippen molar-refractivity contribution in [2.75, 3.05) is 5.32 Å². The van der Waals surface area contributed by atoms with Gasteiger partial charge in [-0.3, -0.25) is 0 Å². The topological polar surface area (TPSA) is 101 Å². The third kappa shape index (κ3) is 1.83. The second kappa shape index (κ2) is 3.99. The van der Waals surface area contributed by atoms with Crippen LogP contribution in [0.5, 0.6) is 0 Å². The molecule has 0 saturated heterocycles. The Hall–Kier alpha value is -2.64. The van der Waals surface area contributed by atoms with Crippen LogP contribution in [0.15, 0.2) is 27.5 Å².